The molecule has 0 aliphatic rings. The number of non-ortho nitro benzene ring substituents is 1. The van der Waals surface area contributed by atoms with E-state index in [9.17, 15) is 19.7 Å². The molecule has 0 unspecified atom stereocenters. The van der Waals surface area contributed by atoms with Crippen LogP contribution < -0.4 is 5.56 Å². The number of benzene rings is 1. The third-order valence-electron chi connectivity index (χ3n) is 3.01. The van der Waals surface area contributed by atoms with Gasteiger partial charge in [-0.15, -0.1) is 0 Å². The van der Waals surface area contributed by atoms with Gasteiger partial charge in [-0.2, -0.15) is 0 Å². The highest BCUT2D eigenvalue weighted by Gasteiger charge is 2.09. The summed E-state index contributed by atoms with van der Waals surface area (Å²) in [4.78, 5) is 39.7. The van der Waals surface area contributed by atoms with Crippen LogP contribution >= 0.6 is 0 Å². The first-order valence-corrected chi connectivity index (χ1v) is 6.37. The number of ether oxygens (including phenoxy) is 1. The van der Waals surface area contributed by atoms with E-state index in [0.29, 0.717) is 12.2 Å². The Labute approximate surface area is 124 Å². The quantitative estimate of drug-likeness (QED) is 0.500. The number of esters is 1. The molecule has 0 spiro atoms. The number of carbonyl (C=O) groups is 1. The first-order valence-electron chi connectivity index (χ1n) is 6.37. The normalized spacial score (nSPS) is 10.2. The number of nitrogens with zero attached hydrogens (tertiary/aromatic N) is 2. The van der Waals surface area contributed by atoms with Crippen LogP contribution in [0.5, 0.6) is 0 Å². The van der Waals surface area contributed by atoms with E-state index in [0.717, 1.165) is 5.56 Å². The summed E-state index contributed by atoms with van der Waals surface area (Å²) in [6, 6.07) is 5.97. The van der Waals surface area contributed by atoms with Gasteiger partial charge in [-0.25, -0.2) is 4.98 Å². The fraction of sp³-hybridized carbons (Fsp3) is 0.214. The summed E-state index contributed by atoms with van der Waals surface area (Å²) >= 11 is 0. The second-order valence-corrected chi connectivity index (χ2v) is 4.54. The molecule has 0 saturated heterocycles. The zero-order valence-electron chi connectivity index (χ0n) is 11.7. The number of nitro benzene ring substituents is 1. The van der Waals surface area contributed by atoms with Crippen molar-refractivity contribution in [1.82, 2.24) is 9.97 Å². The molecule has 0 saturated carbocycles. The van der Waals surface area contributed by atoms with Crippen LogP contribution in [0.15, 0.2) is 35.3 Å². The van der Waals surface area contributed by atoms with Crippen molar-refractivity contribution in [3.8, 4) is 0 Å². The van der Waals surface area contributed by atoms with Gasteiger partial charge in [0, 0.05) is 30.3 Å². The topological polar surface area (TPSA) is 115 Å². The summed E-state index contributed by atoms with van der Waals surface area (Å²) in [7, 11) is 1.24. The van der Waals surface area contributed by atoms with Gasteiger partial charge in [0.05, 0.1) is 18.5 Å². The fourth-order valence-electron chi connectivity index (χ4n) is 1.83. The molecule has 1 heterocycles. The van der Waals surface area contributed by atoms with E-state index in [1.165, 1.54) is 25.4 Å². The van der Waals surface area contributed by atoms with Crippen molar-refractivity contribution in [2.24, 2.45) is 0 Å². The Kier molecular flexibility index (Phi) is 4.62. The molecule has 1 N–H and O–H groups in total. The molecule has 114 valence electrons. The Morgan fingerprint density at radius 1 is 1.36 bits per heavy atom. The molecule has 8 heteroatoms. The zero-order chi connectivity index (χ0) is 16.1. The average Bonchev–Trinajstić information content (AvgIpc) is 2.50. The largest absolute Gasteiger partial charge is 0.469 e. The summed E-state index contributed by atoms with van der Waals surface area (Å²) in [5, 5.41) is 10.6. The van der Waals surface area contributed by atoms with Gasteiger partial charge in [-0.05, 0) is 5.56 Å². The minimum Gasteiger partial charge on any atom is -0.469 e. The Balaban J connectivity index is 2.13. The smallest absolute Gasteiger partial charge is 0.310 e. The van der Waals surface area contributed by atoms with Crippen LogP contribution in [0.2, 0.25) is 0 Å². The van der Waals surface area contributed by atoms with Crippen LogP contribution in [-0.4, -0.2) is 28.0 Å². The lowest BCUT2D eigenvalue weighted by Crippen LogP contribution is -2.19. The molecule has 2 aromatic rings. The van der Waals surface area contributed by atoms with Gasteiger partial charge in [0.1, 0.15) is 5.82 Å². The number of aromatic nitrogens is 2. The number of hydrogen-bond donors (Lipinski definition) is 1. The lowest BCUT2D eigenvalue weighted by Gasteiger charge is -2.03. The van der Waals surface area contributed by atoms with E-state index < -0.39 is 16.5 Å². The second-order valence-electron chi connectivity index (χ2n) is 4.54. The number of rotatable bonds is 5. The van der Waals surface area contributed by atoms with Crippen LogP contribution in [0.4, 0.5) is 5.69 Å². The van der Waals surface area contributed by atoms with Crippen molar-refractivity contribution in [2.75, 3.05) is 7.11 Å². The second kappa shape index (κ2) is 6.61. The summed E-state index contributed by atoms with van der Waals surface area (Å²) in [6.45, 7) is 0. The number of nitrogens with one attached hydrogen (secondary N) is 1. The highest BCUT2D eigenvalue weighted by molar-refractivity contribution is 5.72. The number of aromatic amines is 1. The van der Waals surface area contributed by atoms with Crippen molar-refractivity contribution in [1.29, 1.82) is 0 Å². The Hall–Kier alpha value is -3.03. The van der Waals surface area contributed by atoms with Crippen LogP contribution in [0.1, 0.15) is 17.0 Å². The predicted molar refractivity (Wildman–Crippen MR) is 76.5 cm³/mol. The van der Waals surface area contributed by atoms with E-state index in [-0.39, 0.29) is 17.7 Å². The highest BCUT2D eigenvalue weighted by atomic mass is 16.6. The third kappa shape index (κ3) is 3.75. The summed E-state index contributed by atoms with van der Waals surface area (Å²) in [5.41, 5.74) is 0.588. The Morgan fingerprint density at radius 2 is 2.05 bits per heavy atom. The first kappa shape index (κ1) is 15.4. The predicted octanol–water partition coefficient (Wildman–Crippen LogP) is 0.984. The molecule has 8 nitrogen and oxygen atoms in total. The van der Waals surface area contributed by atoms with E-state index in [4.69, 9.17) is 0 Å². The average molecular weight is 303 g/mol. The number of nitro groups is 1. The van der Waals surface area contributed by atoms with Gasteiger partial charge in [0.2, 0.25) is 0 Å². The van der Waals surface area contributed by atoms with Crippen LogP contribution in [0, 0.1) is 10.1 Å². The van der Waals surface area contributed by atoms with Crippen molar-refractivity contribution in [2.45, 2.75) is 12.8 Å². The minimum absolute atomic E-state index is 0.00127. The van der Waals surface area contributed by atoms with Crippen molar-refractivity contribution in [3.63, 3.8) is 0 Å². The van der Waals surface area contributed by atoms with Crippen LogP contribution in [-0.2, 0) is 22.4 Å². The molecule has 1 aromatic heterocycles. The number of hydrogen-bond acceptors (Lipinski definition) is 6. The van der Waals surface area contributed by atoms with E-state index in [2.05, 4.69) is 14.7 Å². The van der Waals surface area contributed by atoms with Crippen LogP contribution in [0.3, 0.4) is 0 Å². The van der Waals surface area contributed by atoms with Gasteiger partial charge in [-0.1, -0.05) is 12.1 Å². The van der Waals surface area contributed by atoms with Crippen molar-refractivity contribution >= 4 is 11.7 Å². The number of carbonyl (C=O) groups excluding carboxylic acids is 1. The minimum atomic E-state index is -0.518. The van der Waals surface area contributed by atoms with Crippen molar-refractivity contribution in [3.05, 3.63) is 67.9 Å². The van der Waals surface area contributed by atoms with E-state index in [1.54, 1.807) is 12.1 Å². The molecule has 1 aromatic carbocycles. The van der Waals surface area contributed by atoms with Gasteiger partial charge in [0.25, 0.3) is 11.2 Å². The van der Waals surface area contributed by atoms with Gasteiger partial charge in [0.15, 0.2) is 0 Å². The first-order chi connectivity index (χ1) is 10.5. The van der Waals surface area contributed by atoms with Gasteiger partial charge >= 0.3 is 5.97 Å². The van der Waals surface area contributed by atoms with Gasteiger partial charge < -0.3 is 9.72 Å². The molecular weight excluding hydrogens is 290 g/mol. The monoisotopic (exact) mass is 303 g/mol. The molecular formula is C14H13N3O5. The number of methoxy groups -OCH3 is 1. The summed E-state index contributed by atoms with van der Waals surface area (Å²) in [6.07, 6.45) is 1.51. The van der Waals surface area contributed by atoms with Crippen LogP contribution in [0.25, 0.3) is 0 Å². The van der Waals surface area contributed by atoms with Gasteiger partial charge in [-0.3, -0.25) is 19.7 Å². The molecule has 0 aliphatic carbocycles. The maximum atomic E-state index is 11.8. The zero-order valence-corrected chi connectivity index (χ0v) is 11.7. The van der Waals surface area contributed by atoms with E-state index in [1.807, 2.05) is 0 Å². The third-order valence-corrected chi connectivity index (χ3v) is 3.01. The summed E-state index contributed by atoms with van der Waals surface area (Å²) in [5.74, 6) is -0.108. The Morgan fingerprint density at radius 3 is 2.59 bits per heavy atom. The maximum Gasteiger partial charge on any atom is 0.310 e. The molecule has 0 radical (unpaired) electrons. The lowest BCUT2D eigenvalue weighted by atomic mass is 10.1. The SMILES string of the molecule is COC(=O)Cc1cnc(Cc2ccc([N+](=O)[O-])cc2)[nH]c1=O. The molecule has 0 fully saturated rings. The Bertz CT molecular complexity index is 752. The summed E-state index contributed by atoms with van der Waals surface area (Å²) < 4.78 is 4.49. The molecule has 0 aliphatic heterocycles. The molecule has 22 heavy (non-hydrogen) atoms. The molecule has 0 amide bonds. The highest BCUT2D eigenvalue weighted by Crippen LogP contribution is 2.13. The maximum absolute atomic E-state index is 11.8. The molecule has 0 atom stereocenters. The standard InChI is InChI=1S/C14H13N3O5/c1-22-13(18)7-10-8-15-12(16-14(10)19)6-9-2-4-11(5-3-9)17(20)21/h2-5,8H,6-7H2,1H3,(H,15,16,19). The molecule has 2 rings (SSSR count). The lowest BCUT2D eigenvalue weighted by molar-refractivity contribution is -0.384. The van der Waals surface area contributed by atoms with E-state index >= 15 is 0 Å². The fourth-order valence-corrected chi connectivity index (χ4v) is 1.83. The number of H-pyrrole nitrogens is 1. The molecule has 0 bridgehead atoms. The van der Waals surface area contributed by atoms with Crippen molar-refractivity contribution < 1.29 is 14.5 Å².